The smallest absolute Gasteiger partial charge is 0.388 e. The normalized spacial score (nSPS) is 11.8. The van der Waals surface area contributed by atoms with Gasteiger partial charge in [-0.25, -0.2) is 9.37 Å². The van der Waals surface area contributed by atoms with E-state index < -0.39 is 39.9 Å². The number of aromatic nitrogens is 3. The van der Waals surface area contributed by atoms with E-state index in [9.17, 15) is 21.6 Å². The highest BCUT2D eigenvalue weighted by Crippen LogP contribution is 2.31. The van der Waals surface area contributed by atoms with Crippen LogP contribution in [0.2, 0.25) is 5.02 Å². The molecule has 8 nitrogen and oxygen atoms in total. The number of alkyl halides is 2. The molecular weight excluding hydrogens is 413 g/mol. The second kappa shape index (κ2) is 7.12. The molecular formula is C14H10ClF3N4O4S. The minimum Gasteiger partial charge on any atom is -0.479 e. The number of rotatable bonds is 6. The lowest BCUT2D eigenvalue weighted by atomic mass is 10.4. The SMILES string of the molecule is COc1nc(OC(F)F)c(F)cc1NS(=O)(=O)c1cnc2cc(Cl)ccn12. The predicted octanol–water partition coefficient (Wildman–Crippen LogP) is 2.93. The standard InChI is InChI=1S/C14H10ClF3N4O4S/c1-25-13-9(5-8(16)12(20-13)26-14(17)18)21-27(23,24)11-6-19-10-4-7(15)2-3-22(10)11/h2-6,14,21H,1H3. The van der Waals surface area contributed by atoms with Gasteiger partial charge in [-0.1, -0.05) is 11.6 Å². The fraction of sp³-hybridized carbons (Fsp3) is 0.143. The van der Waals surface area contributed by atoms with Crippen LogP contribution in [0.5, 0.6) is 11.8 Å². The molecule has 0 aliphatic heterocycles. The fourth-order valence-corrected chi connectivity index (χ4v) is 3.48. The molecule has 1 N–H and O–H groups in total. The van der Waals surface area contributed by atoms with Gasteiger partial charge in [0.2, 0.25) is 5.88 Å². The first-order valence-electron chi connectivity index (χ1n) is 7.06. The summed E-state index contributed by atoms with van der Waals surface area (Å²) in [6, 6.07) is 3.51. The Morgan fingerprint density at radius 1 is 1.30 bits per heavy atom. The molecule has 0 atom stereocenters. The molecule has 0 unspecified atom stereocenters. The minimum absolute atomic E-state index is 0.264. The van der Waals surface area contributed by atoms with E-state index in [2.05, 4.69) is 19.4 Å². The van der Waals surface area contributed by atoms with Crippen molar-refractivity contribution in [2.75, 3.05) is 11.8 Å². The topological polar surface area (TPSA) is 94.8 Å². The summed E-state index contributed by atoms with van der Waals surface area (Å²) < 4.78 is 75.8. The van der Waals surface area contributed by atoms with Gasteiger partial charge in [0.25, 0.3) is 15.9 Å². The number of sulfonamides is 1. The van der Waals surface area contributed by atoms with Crippen molar-refractivity contribution in [2.45, 2.75) is 11.6 Å². The highest BCUT2D eigenvalue weighted by Gasteiger charge is 2.24. The molecule has 144 valence electrons. The first-order chi connectivity index (χ1) is 12.7. The van der Waals surface area contributed by atoms with Gasteiger partial charge in [0.05, 0.1) is 13.3 Å². The zero-order valence-corrected chi connectivity index (χ0v) is 14.9. The van der Waals surface area contributed by atoms with Gasteiger partial charge in [-0.2, -0.15) is 22.2 Å². The van der Waals surface area contributed by atoms with E-state index in [1.54, 1.807) is 0 Å². The lowest BCUT2D eigenvalue weighted by Gasteiger charge is -2.13. The number of methoxy groups -OCH3 is 1. The van der Waals surface area contributed by atoms with E-state index in [4.69, 9.17) is 16.3 Å². The molecule has 27 heavy (non-hydrogen) atoms. The Labute approximate surface area is 155 Å². The van der Waals surface area contributed by atoms with Crippen molar-refractivity contribution < 1.29 is 31.1 Å². The molecule has 0 amide bonds. The van der Waals surface area contributed by atoms with Crippen molar-refractivity contribution in [3.63, 3.8) is 0 Å². The van der Waals surface area contributed by atoms with Gasteiger partial charge in [0.1, 0.15) is 11.3 Å². The Hall–Kier alpha value is -2.73. The maximum atomic E-state index is 13.9. The summed E-state index contributed by atoms with van der Waals surface area (Å²) in [6.45, 7) is -3.32. The average molecular weight is 423 g/mol. The molecule has 3 heterocycles. The number of nitrogens with one attached hydrogen (secondary N) is 1. The zero-order chi connectivity index (χ0) is 19.8. The van der Waals surface area contributed by atoms with Crippen molar-refractivity contribution in [3.05, 3.63) is 41.4 Å². The number of ether oxygens (including phenoxy) is 2. The summed E-state index contributed by atoms with van der Waals surface area (Å²) in [7, 11) is -3.17. The highest BCUT2D eigenvalue weighted by molar-refractivity contribution is 7.92. The average Bonchev–Trinajstić information content (AvgIpc) is 3.00. The van der Waals surface area contributed by atoms with Crippen LogP contribution in [0.1, 0.15) is 0 Å². The van der Waals surface area contributed by atoms with Crippen LogP contribution in [-0.4, -0.2) is 36.5 Å². The number of anilines is 1. The van der Waals surface area contributed by atoms with E-state index in [-0.39, 0.29) is 10.7 Å². The molecule has 3 aromatic heterocycles. The van der Waals surface area contributed by atoms with Gasteiger partial charge in [-0.05, 0) is 6.07 Å². The number of pyridine rings is 2. The number of halogens is 4. The predicted molar refractivity (Wildman–Crippen MR) is 88.4 cm³/mol. The molecule has 0 spiro atoms. The van der Waals surface area contributed by atoms with Crippen LogP contribution in [0.25, 0.3) is 5.65 Å². The summed E-state index contributed by atoms with van der Waals surface area (Å²) in [5, 5.41) is 0.0806. The first-order valence-corrected chi connectivity index (χ1v) is 8.92. The van der Waals surface area contributed by atoms with Crippen molar-refractivity contribution in [2.24, 2.45) is 0 Å². The number of hydrogen-bond donors (Lipinski definition) is 1. The molecule has 0 radical (unpaired) electrons. The van der Waals surface area contributed by atoms with E-state index in [0.29, 0.717) is 11.1 Å². The van der Waals surface area contributed by atoms with Crippen LogP contribution in [-0.2, 0) is 10.0 Å². The maximum Gasteiger partial charge on any atom is 0.388 e. The molecule has 13 heteroatoms. The maximum absolute atomic E-state index is 13.9. The third-order valence-electron chi connectivity index (χ3n) is 3.26. The van der Waals surface area contributed by atoms with Crippen LogP contribution in [0, 0.1) is 5.82 Å². The summed E-state index contributed by atoms with van der Waals surface area (Å²) in [6.07, 6.45) is 2.45. The third kappa shape index (κ3) is 3.85. The molecule has 3 rings (SSSR count). The number of hydrogen-bond acceptors (Lipinski definition) is 6. The van der Waals surface area contributed by atoms with Gasteiger partial charge in [-0.15, -0.1) is 0 Å². The lowest BCUT2D eigenvalue weighted by Crippen LogP contribution is -2.16. The quantitative estimate of drug-likeness (QED) is 0.656. The second-order valence-corrected chi connectivity index (χ2v) is 7.05. The summed E-state index contributed by atoms with van der Waals surface area (Å²) in [5.74, 6) is -2.81. The molecule has 0 aliphatic rings. The third-order valence-corrected chi connectivity index (χ3v) is 4.84. The summed E-state index contributed by atoms with van der Waals surface area (Å²) in [4.78, 5) is 7.33. The fourth-order valence-electron chi connectivity index (χ4n) is 2.18. The highest BCUT2D eigenvalue weighted by atomic mass is 35.5. The van der Waals surface area contributed by atoms with Gasteiger partial charge in [-0.3, -0.25) is 9.12 Å². The van der Waals surface area contributed by atoms with Crippen molar-refractivity contribution in [3.8, 4) is 11.8 Å². The summed E-state index contributed by atoms with van der Waals surface area (Å²) >= 11 is 5.83. The van der Waals surface area contributed by atoms with E-state index in [1.165, 1.54) is 22.7 Å². The lowest BCUT2D eigenvalue weighted by molar-refractivity contribution is -0.0555. The van der Waals surface area contributed by atoms with Crippen LogP contribution in [0.15, 0.2) is 35.6 Å². The number of nitrogens with zero attached hydrogens (tertiary/aromatic N) is 3. The summed E-state index contributed by atoms with van der Waals surface area (Å²) in [5.41, 5.74) is -0.152. The molecule has 0 fully saturated rings. The number of fused-ring (bicyclic) bond motifs is 1. The molecule has 3 aromatic rings. The van der Waals surface area contributed by atoms with Gasteiger partial charge in [0.15, 0.2) is 10.8 Å². The second-order valence-electron chi connectivity index (χ2n) is 4.99. The van der Waals surface area contributed by atoms with Crippen LogP contribution < -0.4 is 14.2 Å². The molecule has 0 aromatic carbocycles. The Bertz CT molecular complexity index is 1110. The Morgan fingerprint density at radius 2 is 2.04 bits per heavy atom. The van der Waals surface area contributed by atoms with Gasteiger partial charge >= 0.3 is 6.61 Å². The van der Waals surface area contributed by atoms with Crippen LogP contribution in [0.3, 0.4) is 0 Å². The van der Waals surface area contributed by atoms with Crippen LogP contribution in [0.4, 0.5) is 18.9 Å². The largest absolute Gasteiger partial charge is 0.479 e. The molecule has 0 saturated heterocycles. The van der Waals surface area contributed by atoms with E-state index in [1.807, 2.05) is 0 Å². The van der Waals surface area contributed by atoms with E-state index >= 15 is 0 Å². The van der Waals surface area contributed by atoms with E-state index in [0.717, 1.165) is 13.3 Å². The van der Waals surface area contributed by atoms with Gasteiger partial charge < -0.3 is 9.47 Å². The molecule has 0 bridgehead atoms. The minimum atomic E-state index is -4.26. The van der Waals surface area contributed by atoms with Crippen molar-refractivity contribution in [1.29, 1.82) is 0 Å². The molecule has 0 saturated carbocycles. The molecule has 0 aliphatic carbocycles. The van der Waals surface area contributed by atoms with Crippen LogP contribution >= 0.6 is 11.6 Å². The Balaban J connectivity index is 2.01. The van der Waals surface area contributed by atoms with Crippen molar-refractivity contribution >= 4 is 33.0 Å². The zero-order valence-electron chi connectivity index (χ0n) is 13.4. The monoisotopic (exact) mass is 422 g/mol. The first kappa shape index (κ1) is 19.0. The Morgan fingerprint density at radius 3 is 2.70 bits per heavy atom. The van der Waals surface area contributed by atoms with Crippen molar-refractivity contribution in [1.82, 2.24) is 14.4 Å². The van der Waals surface area contributed by atoms with Gasteiger partial charge in [0, 0.05) is 23.4 Å². The Kier molecular flexibility index (Phi) is 5.02. The number of imidazole rings is 1.